The molecule has 1 rings (SSSR count). The second-order valence-electron chi connectivity index (χ2n) is 3.30. The van der Waals surface area contributed by atoms with Crippen LogP contribution in [0.2, 0.25) is 0 Å². The molecule has 0 amide bonds. The van der Waals surface area contributed by atoms with Crippen LogP contribution in [0, 0.1) is 11.6 Å². The maximum Gasteiger partial charge on any atom is 0.168 e. The van der Waals surface area contributed by atoms with Crippen molar-refractivity contribution >= 4 is 11.6 Å². The Balaban J connectivity index is 3.06. The Morgan fingerprint density at radius 2 is 2.07 bits per heavy atom. The zero-order chi connectivity index (χ0) is 11.4. The first-order chi connectivity index (χ1) is 7.10. The van der Waals surface area contributed by atoms with Crippen LogP contribution in [0.1, 0.15) is 13.3 Å². The summed E-state index contributed by atoms with van der Waals surface area (Å²) in [6, 6.07) is 0.848. The summed E-state index contributed by atoms with van der Waals surface area (Å²) in [6.07, 6.45) is 0.879. The first-order valence-electron chi connectivity index (χ1n) is 4.85. The minimum atomic E-state index is -0.677. The highest BCUT2D eigenvalue weighted by molar-refractivity contribution is 5.48. The molecule has 0 aromatic carbocycles. The number of aromatic nitrogens is 1. The van der Waals surface area contributed by atoms with E-state index in [4.69, 9.17) is 0 Å². The predicted molar refractivity (Wildman–Crippen MR) is 57.3 cm³/mol. The Kier molecular flexibility index (Phi) is 3.82. The SMILES string of the molecule is CCCN(C)c1nc(NC)c(F)cc1F. The van der Waals surface area contributed by atoms with Crippen molar-refractivity contribution in [1.29, 1.82) is 0 Å². The van der Waals surface area contributed by atoms with E-state index in [1.165, 1.54) is 0 Å². The van der Waals surface area contributed by atoms with Crippen molar-refractivity contribution in [3.63, 3.8) is 0 Å². The molecule has 1 N–H and O–H groups in total. The quantitative estimate of drug-likeness (QED) is 0.835. The molecule has 0 aliphatic carbocycles. The van der Waals surface area contributed by atoms with Crippen LogP contribution < -0.4 is 10.2 Å². The normalized spacial score (nSPS) is 10.2. The van der Waals surface area contributed by atoms with Crippen LogP contribution >= 0.6 is 0 Å². The highest BCUT2D eigenvalue weighted by Crippen LogP contribution is 2.21. The third-order valence-electron chi connectivity index (χ3n) is 2.07. The number of halogens is 2. The molecule has 0 aliphatic heterocycles. The second kappa shape index (κ2) is 4.91. The highest BCUT2D eigenvalue weighted by atomic mass is 19.1. The highest BCUT2D eigenvalue weighted by Gasteiger charge is 2.13. The summed E-state index contributed by atoms with van der Waals surface area (Å²) in [5.74, 6) is -1.08. The summed E-state index contributed by atoms with van der Waals surface area (Å²) in [6.45, 7) is 2.66. The van der Waals surface area contributed by atoms with Gasteiger partial charge in [-0.15, -0.1) is 0 Å². The summed E-state index contributed by atoms with van der Waals surface area (Å²) in [5.41, 5.74) is 0. The van der Waals surface area contributed by atoms with Gasteiger partial charge in [0, 0.05) is 26.7 Å². The zero-order valence-corrected chi connectivity index (χ0v) is 9.14. The molecule has 3 nitrogen and oxygen atoms in total. The molecule has 5 heteroatoms. The number of nitrogens with one attached hydrogen (secondary N) is 1. The number of anilines is 2. The van der Waals surface area contributed by atoms with E-state index in [0.29, 0.717) is 6.54 Å². The maximum atomic E-state index is 13.4. The third-order valence-corrected chi connectivity index (χ3v) is 2.07. The summed E-state index contributed by atoms with van der Waals surface area (Å²) < 4.78 is 26.5. The third kappa shape index (κ3) is 2.55. The largest absolute Gasteiger partial charge is 0.371 e. The second-order valence-corrected chi connectivity index (χ2v) is 3.30. The van der Waals surface area contributed by atoms with E-state index < -0.39 is 11.6 Å². The topological polar surface area (TPSA) is 28.2 Å². The molecule has 1 aromatic rings. The molecular weight excluding hydrogens is 200 g/mol. The number of pyridine rings is 1. The Morgan fingerprint density at radius 1 is 1.40 bits per heavy atom. The molecule has 15 heavy (non-hydrogen) atoms. The fraction of sp³-hybridized carbons (Fsp3) is 0.500. The van der Waals surface area contributed by atoms with Crippen molar-refractivity contribution < 1.29 is 8.78 Å². The van der Waals surface area contributed by atoms with Gasteiger partial charge < -0.3 is 10.2 Å². The van der Waals surface area contributed by atoms with Gasteiger partial charge in [0.15, 0.2) is 23.3 Å². The van der Waals surface area contributed by atoms with Crippen LogP contribution in [0.15, 0.2) is 6.07 Å². The predicted octanol–water partition coefficient (Wildman–Crippen LogP) is 2.25. The first-order valence-corrected chi connectivity index (χ1v) is 4.85. The molecule has 0 saturated heterocycles. The Bertz CT molecular complexity index is 342. The molecule has 0 radical (unpaired) electrons. The van der Waals surface area contributed by atoms with Crippen LogP contribution in [0.25, 0.3) is 0 Å². The molecule has 0 saturated carbocycles. The average Bonchev–Trinajstić information content (AvgIpc) is 2.18. The van der Waals surface area contributed by atoms with Crippen molar-refractivity contribution in [2.75, 3.05) is 30.9 Å². The summed E-state index contributed by atoms with van der Waals surface area (Å²) in [7, 11) is 3.28. The fourth-order valence-electron chi connectivity index (χ4n) is 1.34. The van der Waals surface area contributed by atoms with Crippen LogP contribution in [-0.2, 0) is 0 Å². The maximum absolute atomic E-state index is 13.4. The van der Waals surface area contributed by atoms with E-state index in [0.717, 1.165) is 12.5 Å². The monoisotopic (exact) mass is 215 g/mol. The average molecular weight is 215 g/mol. The number of rotatable bonds is 4. The molecule has 1 heterocycles. The van der Waals surface area contributed by atoms with E-state index >= 15 is 0 Å². The van der Waals surface area contributed by atoms with Crippen LogP contribution in [-0.4, -0.2) is 25.6 Å². The zero-order valence-electron chi connectivity index (χ0n) is 9.14. The van der Waals surface area contributed by atoms with Crippen molar-refractivity contribution in [2.24, 2.45) is 0 Å². The van der Waals surface area contributed by atoms with E-state index in [2.05, 4.69) is 10.3 Å². The van der Waals surface area contributed by atoms with Crippen molar-refractivity contribution in [3.8, 4) is 0 Å². The summed E-state index contributed by atoms with van der Waals surface area (Å²) in [5, 5.41) is 2.58. The van der Waals surface area contributed by atoms with Crippen LogP contribution in [0.3, 0.4) is 0 Å². The Hall–Kier alpha value is -1.39. The number of hydrogen-bond donors (Lipinski definition) is 1. The van der Waals surface area contributed by atoms with Crippen molar-refractivity contribution in [2.45, 2.75) is 13.3 Å². The van der Waals surface area contributed by atoms with Crippen LogP contribution in [0.4, 0.5) is 20.4 Å². The molecule has 0 aliphatic rings. The minimum absolute atomic E-state index is 0.0642. The molecule has 0 spiro atoms. The lowest BCUT2D eigenvalue weighted by atomic mass is 10.3. The van der Waals surface area contributed by atoms with Crippen molar-refractivity contribution in [1.82, 2.24) is 4.98 Å². The Morgan fingerprint density at radius 3 is 2.60 bits per heavy atom. The minimum Gasteiger partial charge on any atom is -0.371 e. The molecule has 0 unspecified atom stereocenters. The summed E-state index contributed by atoms with van der Waals surface area (Å²) in [4.78, 5) is 5.54. The molecule has 0 atom stereocenters. The first kappa shape index (κ1) is 11.7. The number of hydrogen-bond acceptors (Lipinski definition) is 3. The summed E-state index contributed by atoms with van der Waals surface area (Å²) >= 11 is 0. The van der Waals surface area contributed by atoms with Gasteiger partial charge in [0.2, 0.25) is 0 Å². The standard InChI is InChI=1S/C10H15F2N3/c1-4-5-15(3)10-8(12)6-7(11)9(13-2)14-10/h6H,4-5H2,1-3H3,(H,13,14). The van der Waals surface area contributed by atoms with Gasteiger partial charge in [0.25, 0.3) is 0 Å². The molecule has 1 aromatic heterocycles. The van der Waals surface area contributed by atoms with Gasteiger partial charge in [-0.2, -0.15) is 0 Å². The lowest BCUT2D eigenvalue weighted by molar-refractivity contribution is 0.573. The Labute approximate surface area is 88.1 Å². The van der Waals surface area contributed by atoms with Gasteiger partial charge in [-0.3, -0.25) is 0 Å². The van der Waals surface area contributed by atoms with Gasteiger partial charge in [-0.25, -0.2) is 13.8 Å². The molecular formula is C10H15F2N3. The lowest BCUT2D eigenvalue weighted by Crippen LogP contribution is -2.21. The molecule has 84 valence electrons. The van der Waals surface area contributed by atoms with E-state index in [1.807, 2.05) is 6.92 Å². The fourth-order valence-corrected chi connectivity index (χ4v) is 1.34. The van der Waals surface area contributed by atoms with Gasteiger partial charge in [0.05, 0.1) is 0 Å². The van der Waals surface area contributed by atoms with Gasteiger partial charge in [-0.1, -0.05) is 6.92 Å². The lowest BCUT2D eigenvalue weighted by Gasteiger charge is -2.18. The smallest absolute Gasteiger partial charge is 0.168 e. The van der Waals surface area contributed by atoms with Gasteiger partial charge in [-0.05, 0) is 6.42 Å². The van der Waals surface area contributed by atoms with Crippen molar-refractivity contribution in [3.05, 3.63) is 17.7 Å². The molecule has 0 fully saturated rings. The van der Waals surface area contributed by atoms with Crippen LogP contribution in [0.5, 0.6) is 0 Å². The molecule has 0 bridgehead atoms. The van der Waals surface area contributed by atoms with E-state index in [1.54, 1.807) is 19.0 Å². The van der Waals surface area contributed by atoms with E-state index in [-0.39, 0.29) is 11.6 Å². The van der Waals surface area contributed by atoms with E-state index in [9.17, 15) is 8.78 Å². The van der Waals surface area contributed by atoms with Gasteiger partial charge >= 0.3 is 0 Å². The number of nitrogens with zero attached hydrogens (tertiary/aromatic N) is 2. The van der Waals surface area contributed by atoms with Gasteiger partial charge in [0.1, 0.15) is 0 Å².